The number of ether oxygens (including phenoxy) is 2. The van der Waals surface area contributed by atoms with Crippen LogP contribution in [0, 0.1) is 0 Å². The molecule has 1 saturated heterocycles. The number of likely N-dealkylation sites (N-methyl/N-ethyl adjacent to an activating group) is 1. The Balaban J connectivity index is 1.35. The predicted molar refractivity (Wildman–Crippen MR) is 111 cm³/mol. The molecular formula is C23H24N2O4. The maximum absolute atomic E-state index is 12.5. The lowest BCUT2D eigenvalue weighted by atomic mass is 10.1. The SMILES string of the molecule is CN(Cc1ccc2c(c1)OCCO2)C(=O)C=Cc1ccc(N2CCCC2=O)cc1. The number of hydrogen-bond donors (Lipinski definition) is 0. The summed E-state index contributed by atoms with van der Waals surface area (Å²) in [5.41, 5.74) is 2.81. The predicted octanol–water partition coefficient (Wildman–Crippen LogP) is 3.26. The summed E-state index contributed by atoms with van der Waals surface area (Å²) in [6.45, 7) is 2.36. The van der Waals surface area contributed by atoms with Gasteiger partial charge in [-0.25, -0.2) is 0 Å². The van der Waals surface area contributed by atoms with E-state index >= 15 is 0 Å². The second-order valence-corrected chi connectivity index (χ2v) is 7.25. The van der Waals surface area contributed by atoms with Gasteiger partial charge in [0.2, 0.25) is 11.8 Å². The third-order valence-corrected chi connectivity index (χ3v) is 5.10. The Kier molecular flexibility index (Phi) is 5.51. The van der Waals surface area contributed by atoms with Crippen LogP contribution in [0.5, 0.6) is 11.5 Å². The number of carbonyl (C=O) groups excluding carboxylic acids is 2. The molecule has 2 heterocycles. The number of nitrogens with zero attached hydrogens (tertiary/aromatic N) is 2. The second-order valence-electron chi connectivity index (χ2n) is 7.25. The van der Waals surface area contributed by atoms with Crippen molar-refractivity contribution in [3.05, 3.63) is 59.7 Å². The lowest BCUT2D eigenvalue weighted by Crippen LogP contribution is -2.24. The van der Waals surface area contributed by atoms with Crippen molar-refractivity contribution in [1.29, 1.82) is 0 Å². The van der Waals surface area contributed by atoms with Gasteiger partial charge in [0.15, 0.2) is 11.5 Å². The molecule has 2 aliphatic heterocycles. The molecule has 0 bridgehead atoms. The van der Waals surface area contributed by atoms with Crippen LogP contribution in [-0.2, 0) is 16.1 Å². The van der Waals surface area contributed by atoms with E-state index in [1.807, 2.05) is 42.5 Å². The lowest BCUT2D eigenvalue weighted by molar-refractivity contribution is -0.125. The average Bonchev–Trinajstić information content (AvgIpc) is 3.18. The average molecular weight is 392 g/mol. The molecule has 2 aliphatic rings. The van der Waals surface area contributed by atoms with Gasteiger partial charge in [-0.2, -0.15) is 0 Å². The van der Waals surface area contributed by atoms with E-state index < -0.39 is 0 Å². The fraction of sp³-hybridized carbons (Fsp3) is 0.304. The zero-order chi connectivity index (χ0) is 20.2. The first-order valence-electron chi connectivity index (χ1n) is 9.82. The highest BCUT2D eigenvalue weighted by atomic mass is 16.6. The monoisotopic (exact) mass is 392 g/mol. The Hall–Kier alpha value is -3.28. The highest BCUT2D eigenvalue weighted by Gasteiger charge is 2.21. The minimum absolute atomic E-state index is 0.0845. The van der Waals surface area contributed by atoms with E-state index in [1.54, 1.807) is 29.0 Å². The minimum Gasteiger partial charge on any atom is -0.486 e. The van der Waals surface area contributed by atoms with Crippen molar-refractivity contribution >= 4 is 23.6 Å². The summed E-state index contributed by atoms with van der Waals surface area (Å²) in [4.78, 5) is 27.7. The maximum Gasteiger partial charge on any atom is 0.246 e. The smallest absolute Gasteiger partial charge is 0.246 e. The number of anilines is 1. The van der Waals surface area contributed by atoms with Crippen molar-refractivity contribution in [1.82, 2.24) is 4.90 Å². The summed E-state index contributed by atoms with van der Waals surface area (Å²) in [6.07, 6.45) is 4.88. The van der Waals surface area contributed by atoms with Gasteiger partial charge in [0, 0.05) is 38.3 Å². The molecule has 0 spiro atoms. The van der Waals surface area contributed by atoms with Crippen molar-refractivity contribution in [2.45, 2.75) is 19.4 Å². The first kappa shape index (κ1) is 19.1. The molecule has 6 nitrogen and oxygen atoms in total. The number of benzene rings is 2. The summed E-state index contributed by atoms with van der Waals surface area (Å²) >= 11 is 0. The quantitative estimate of drug-likeness (QED) is 0.733. The molecule has 0 unspecified atom stereocenters. The van der Waals surface area contributed by atoms with Crippen molar-refractivity contribution in [2.24, 2.45) is 0 Å². The van der Waals surface area contributed by atoms with Gasteiger partial charge < -0.3 is 19.3 Å². The van der Waals surface area contributed by atoms with E-state index in [-0.39, 0.29) is 11.8 Å². The molecule has 4 rings (SSSR count). The molecule has 2 aromatic carbocycles. The molecule has 0 aliphatic carbocycles. The van der Waals surface area contributed by atoms with Crippen LogP contribution in [0.15, 0.2) is 48.5 Å². The first-order valence-corrected chi connectivity index (χ1v) is 9.82. The lowest BCUT2D eigenvalue weighted by Gasteiger charge is -2.20. The number of rotatable bonds is 5. The highest BCUT2D eigenvalue weighted by Crippen LogP contribution is 2.31. The van der Waals surface area contributed by atoms with Gasteiger partial charge in [0.25, 0.3) is 0 Å². The summed E-state index contributed by atoms with van der Waals surface area (Å²) in [5.74, 6) is 1.55. The van der Waals surface area contributed by atoms with Gasteiger partial charge in [-0.15, -0.1) is 0 Å². The number of amides is 2. The van der Waals surface area contributed by atoms with Gasteiger partial charge in [0.1, 0.15) is 13.2 Å². The van der Waals surface area contributed by atoms with Crippen molar-refractivity contribution in [3.8, 4) is 11.5 Å². The van der Waals surface area contributed by atoms with E-state index in [4.69, 9.17) is 9.47 Å². The standard InChI is InChI=1S/C23H24N2O4/c1-24(16-18-6-10-20-21(15-18)29-14-13-28-20)22(26)11-7-17-4-8-19(9-5-17)25-12-2-3-23(25)27/h4-11,15H,2-3,12-14,16H2,1H3. The van der Waals surface area contributed by atoms with Crippen molar-refractivity contribution < 1.29 is 19.1 Å². The third kappa shape index (κ3) is 4.42. The maximum atomic E-state index is 12.5. The molecule has 150 valence electrons. The van der Waals surface area contributed by atoms with E-state index in [9.17, 15) is 9.59 Å². The minimum atomic E-state index is -0.0845. The Morgan fingerprint density at radius 1 is 1.10 bits per heavy atom. The Morgan fingerprint density at radius 2 is 1.86 bits per heavy atom. The van der Waals surface area contributed by atoms with Gasteiger partial charge >= 0.3 is 0 Å². The van der Waals surface area contributed by atoms with Crippen molar-refractivity contribution in [3.63, 3.8) is 0 Å². The first-order chi connectivity index (χ1) is 14.1. The van der Waals surface area contributed by atoms with Gasteiger partial charge in [-0.1, -0.05) is 18.2 Å². The summed E-state index contributed by atoms with van der Waals surface area (Å²) in [7, 11) is 1.77. The van der Waals surface area contributed by atoms with Crippen LogP contribution in [0.25, 0.3) is 6.08 Å². The Labute approximate surface area is 170 Å². The van der Waals surface area contributed by atoms with E-state index in [0.717, 1.165) is 41.3 Å². The van der Waals surface area contributed by atoms with E-state index in [1.165, 1.54) is 0 Å². The van der Waals surface area contributed by atoms with Gasteiger partial charge in [-0.3, -0.25) is 9.59 Å². The van der Waals surface area contributed by atoms with E-state index in [2.05, 4.69) is 0 Å². The molecule has 0 atom stereocenters. The summed E-state index contributed by atoms with van der Waals surface area (Å²) < 4.78 is 11.1. The van der Waals surface area contributed by atoms with Gasteiger partial charge in [-0.05, 0) is 47.9 Å². The summed E-state index contributed by atoms with van der Waals surface area (Å²) in [5, 5.41) is 0. The van der Waals surface area contributed by atoms with Crippen LogP contribution in [0.1, 0.15) is 24.0 Å². The van der Waals surface area contributed by atoms with Crippen LogP contribution in [0.3, 0.4) is 0 Å². The molecule has 1 fully saturated rings. The second kappa shape index (κ2) is 8.39. The Bertz CT molecular complexity index is 936. The van der Waals surface area contributed by atoms with Crippen molar-refractivity contribution in [2.75, 3.05) is 31.7 Å². The largest absolute Gasteiger partial charge is 0.486 e. The number of hydrogen-bond acceptors (Lipinski definition) is 4. The topological polar surface area (TPSA) is 59.1 Å². The molecule has 6 heteroatoms. The van der Waals surface area contributed by atoms with Crippen LogP contribution >= 0.6 is 0 Å². The molecular weight excluding hydrogens is 368 g/mol. The molecule has 2 amide bonds. The fourth-order valence-electron chi connectivity index (χ4n) is 3.52. The zero-order valence-electron chi connectivity index (χ0n) is 16.5. The normalized spacial score (nSPS) is 15.8. The van der Waals surface area contributed by atoms with Gasteiger partial charge in [0.05, 0.1) is 0 Å². The third-order valence-electron chi connectivity index (χ3n) is 5.10. The molecule has 0 saturated carbocycles. The number of carbonyl (C=O) groups is 2. The molecule has 0 N–H and O–H groups in total. The molecule has 2 aromatic rings. The van der Waals surface area contributed by atoms with Crippen LogP contribution in [0.4, 0.5) is 5.69 Å². The number of fused-ring (bicyclic) bond motifs is 1. The zero-order valence-corrected chi connectivity index (χ0v) is 16.5. The summed E-state index contributed by atoms with van der Waals surface area (Å²) in [6, 6.07) is 13.4. The highest BCUT2D eigenvalue weighted by molar-refractivity contribution is 5.95. The molecule has 0 radical (unpaired) electrons. The Morgan fingerprint density at radius 3 is 2.59 bits per heavy atom. The van der Waals surface area contributed by atoms with Crippen LogP contribution in [0.2, 0.25) is 0 Å². The van der Waals surface area contributed by atoms with Crippen LogP contribution in [-0.4, -0.2) is 43.5 Å². The van der Waals surface area contributed by atoms with E-state index in [0.29, 0.717) is 26.2 Å². The van der Waals surface area contributed by atoms with Crippen LogP contribution < -0.4 is 14.4 Å². The molecule has 0 aromatic heterocycles. The fourth-order valence-corrected chi connectivity index (χ4v) is 3.52. The molecule has 29 heavy (non-hydrogen) atoms.